The number of rotatable bonds is 6. The van der Waals surface area contributed by atoms with Gasteiger partial charge in [-0.25, -0.2) is 9.37 Å². The van der Waals surface area contributed by atoms with Crippen LogP contribution in [-0.4, -0.2) is 42.1 Å². The molecule has 1 amide bonds. The number of hydrogen-bond donors (Lipinski definition) is 1. The van der Waals surface area contributed by atoms with Crippen molar-refractivity contribution in [2.75, 3.05) is 6.54 Å². The van der Waals surface area contributed by atoms with Gasteiger partial charge in [0, 0.05) is 30.1 Å². The summed E-state index contributed by atoms with van der Waals surface area (Å²) >= 11 is 7.86. The van der Waals surface area contributed by atoms with E-state index in [1.165, 1.54) is 22.3 Å². The highest BCUT2D eigenvalue weighted by Gasteiger charge is 2.32. The molecule has 0 atom stereocenters. The molecule has 29 heavy (non-hydrogen) atoms. The molecule has 10 heteroatoms. The van der Waals surface area contributed by atoms with Crippen LogP contribution in [0.4, 0.5) is 4.39 Å². The average Bonchev–Trinajstić information content (AvgIpc) is 3.33. The third-order valence-electron chi connectivity index (χ3n) is 4.34. The van der Waals surface area contributed by atoms with E-state index in [1.54, 1.807) is 24.3 Å². The number of fused-ring (bicyclic) bond motifs is 1. The van der Waals surface area contributed by atoms with Crippen LogP contribution in [0.5, 0.6) is 0 Å². The van der Waals surface area contributed by atoms with Crippen LogP contribution in [0.3, 0.4) is 0 Å². The van der Waals surface area contributed by atoms with Crippen LogP contribution in [-0.2, 0) is 9.59 Å². The Kier molecular flexibility index (Phi) is 5.48. The number of thiazole rings is 1. The first kappa shape index (κ1) is 19.7. The molecule has 1 fully saturated rings. The van der Waals surface area contributed by atoms with Crippen LogP contribution >= 0.6 is 35.3 Å². The van der Waals surface area contributed by atoms with Gasteiger partial charge in [0.1, 0.15) is 15.8 Å². The maximum absolute atomic E-state index is 14.4. The summed E-state index contributed by atoms with van der Waals surface area (Å²) in [4.78, 5) is 30.6. The van der Waals surface area contributed by atoms with Crippen LogP contribution in [0, 0.1) is 5.82 Å². The fourth-order valence-corrected chi connectivity index (χ4v) is 5.00. The van der Waals surface area contributed by atoms with E-state index in [-0.39, 0.29) is 18.9 Å². The lowest BCUT2D eigenvalue weighted by atomic mass is 10.1. The van der Waals surface area contributed by atoms with Crippen molar-refractivity contribution in [3.05, 3.63) is 52.3 Å². The van der Waals surface area contributed by atoms with Crippen LogP contribution in [0.2, 0.25) is 0 Å². The van der Waals surface area contributed by atoms with Gasteiger partial charge in [0.2, 0.25) is 0 Å². The molecule has 0 saturated carbocycles. The molecule has 0 radical (unpaired) electrons. The molecule has 1 N–H and O–H groups in total. The van der Waals surface area contributed by atoms with E-state index < -0.39 is 11.8 Å². The maximum atomic E-state index is 14.4. The number of carbonyl (C=O) groups excluding carboxylic acids is 1. The number of carboxylic acids is 1. The fraction of sp³-hybridized carbons (Fsp3) is 0.158. The largest absolute Gasteiger partial charge is 0.481 e. The monoisotopic (exact) mass is 447 g/mol. The van der Waals surface area contributed by atoms with Crippen LogP contribution in [0.1, 0.15) is 18.5 Å². The molecule has 0 aliphatic carbocycles. The standard InChI is InChI=1S/C19H14FN3O3S3/c20-12-5-2-1-4-11(12)16-13(22-8-9-28-18(22)21-16)10-14-17(26)23(19(27)29-14)7-3-6-15(24)25/h1-2,4-5,8-10H,3,6-7H2,(H,24,25). The zero-order chi connectivity index (χ0) is 20.5. The minimum atomic E-state index is -0.917. The highest BCUT2D eigenvalue weighted by Crippen LogP contribution is 2.36. The number of thiocarbonyl (C=S) groups is 1. The lowest BCUT2D eigenvalue weighted by Crippen LogP contribution is -2.29. The molecule has 3 aromatic rings. The fourth-order valence-electron chi connectivity index (χ4n) is 3.00. The number of aromatic nitrogens is 2. The van der Waals surface area contributed by atoms with Crippen molar-refractivity contribution in [2.24, 2.45) is 0 Å². The highest BCUT2D eigenvalue weighted by atomic mass is 32.2. The first-order chi connectivity index (χ1) is 14.0. The smallest absolute Gasteiger partial charge is 0.303 e. The summed E-state index contributed by atoms with van der Waals surface area (Å²) in [6.07, 6.45) is 3.77. The van der Waals surface area contributed by atoms with Gasteiger partial charge >= 0.3 is 5.97 Å². The van der Waals surface area contributed by atoms with Crippen molar-refractivity contribution in [1.82, 2.24) is 14.3 Å². The minimum absolute atomic E-state index is 0.0360. The van der Waals surface area contributed by atoms with Gasteiger partial charge in [-0.05, 0) is 24.6 Å². The van der Waals surface area contributed by atoms with Crippen molar-refractivity contribution in [1.29, 1.82) is 0 Å². The molecule has 0 spiro atoms. The molecule has 6 nitrogen and oxygen atoms in total. The topological polar surface area (TPSA) is 74.9 Å². The Bertz CT molecular complexity index is 1170. The van der Waals surface area contributed by atoms with Gasteiger partial charge in [-0.1, -0.05) is 36.1 Å². The van der Waals surface area contributed by atoms with Crippen molar-refractivity contribution in [2.45, 2.75) is 12.8 Å². The van der Waals surface area contributed by atoms with Crippen LogP contribution in [0.25, 0.3) is 22.3 Å². The second kappa shape index (κ2) is 8.05. The minimum Gasteiger partial charge on any atom is -0.481 e. The van der Waals surface area contributed by atoms with E-state index in [0.29, 0.717) is 37.6 Å². The van der Waals surface area contributed by atoms with E-state index in [9.17, 15) is 14.0 Å². The molecule has 2 aromatic heterocycles. The predicted octanol–water partition coefficient (Wildman–Crippen LogP) is 4.27. The van der Waals surface area contributed by atoms with Gasteiger partial charge in [0.05, 0.1) is 10.6 Å². The Morgan fingerprint density at radius 3 is 2.90 bits per heavy atom. The third-order valence-corrected chi connectivity index (χ3v) is 6.48. The Morgan fingerprint density at radius 1 is 1.34 bits per heavy atom. The molecule has 1 aliphatic heterocycles. The molecule has 1 aliphatic rings. The van der Waals surface area contributed by atoms with Crippen molar-refractivity contribution >= 4 is 62.6 Å². The average molecular weight is 448 g/mol. The molecule has 0 bridgehead atoms. The number of thioether (sulfide) groups is 1. The Labute approximate surface area is 178 Å². The lowest BCUT2D eigenvalue weighted by Gasteiger charge is -2.13. The molecule has 3 heterocycles. The molecular weight excluding hydrogens is 433 g/mol. The van der Waals surface area contributed by atoms with Crippen molar-refractivity contribution in [3.8, 4) is 11.3 Å². The first-order valence-electron chi connectivity index (χ1n) is 8.63. The number of amides is 1. The molecule has 1 saturated heterocycles. The van der Waals surface area contributed by atoms with E-state index >= 15 is 0 Å². The Hall–Kier alpha value is -2.56. The normalized spacial score (nSPS) is 15.8. The maximum Gasteiger partial charge on any atom is 0.303 e. The van der Waals surface area contributed by atoms with Crippen molar-refractivity contribution < 1.29 is 19.1 Å². The van der Waals surface area contributed by atoms with Gasteiger partial charge in [-0.2, -0.15) is 0 Å². The number of nitrogens with zero attached hydrogens (tertiary/aromatic N) is 3. The van der Waals surface area contributed by atoms with Crippen LogP contribution < -0.4 is 0 Å². The number of benzene rings is 1. The number of halogens is 1. The highest BCUT2D eigenvalue weighted by molar-refractivity contribution is 8.26. The predicted molar refractivity (Wildman–Crippen MR) is 115 cm³/mol. The number of aliphatic carboxylic acids is 1. The van der Waals surface area contributed by atoms with Gasteiger partial charge in [0.25, 0.3) is 5.91 Å². The number of hydrogen-bond acceptors (Lipinski definition) is 6. The molecule has 148 valence electrons. The number of carbonyl (C=O) groups is 2. The molecular formula is C19H14FN3O3S3. The third kappa shape index (κ3) is 3.83. The van der Waals surface area contributed by atoms with E-state index in [0.717, 1.165) is 11.8 Å². The van der Waals surface area contributed by atoms with Gasteiger partial charge in [-0.15, -0.1) is 11.3 Å². The van der Waals surface area contributed by atoms with Gasteiger partial charge in [0.15, 0.2) is 4.96 Å². The first-order valence-corrected chi connectivity index (χ1v) is 10.7. The SMILES string of the molecule is O=C(O)CCCN1C(=O)C(=Cc2c(-c3ccccc3F)nc3sccn23)SC1=S. The Morgan fingerprint density at radius 2 is 2.14 bits per heavy atom. The van der Waals surface area contributed by atoms with E-state index in [4.69, 9.17) is 17.3 Å². The summed E-state index contributed by atoms with van der Waals surface area (Å²) in [5.74, 6) is -1.59. The summed E-state index contributed by atoms with van der Waals surface area (Å²) < 4.78 is 16.6. The summed E-state index contributed by atoms with van der Waals surface area (Å²) in [5, 5.41) is 10.7. The van der Waals surface area contributed by atoms with Gasteiger partial charge < -0.3 is 5.11 Å². The summed E-state index contributed by atoms with van der Waals surface area (Å²) in [6, 6.07) is 6.36. The zero-order valence-corrected chi connectivity index (χ0v) is 17.3. The molecule has 0 unspecified atom stereocenters. The Balaban J connectivity index is 1.71. The number of imidazole rings is 1. The second-order valence-corrected chi connectivity index (χ2v) is 8.76. The quantitative estimate of drug-likeness (QED) is 0.449. The number of carboxylic acid groups (broad SMARTS) is 1. The summed E-state index contributed by atoms with van der Waals surface area (Å²) in [5.41, 5.74) is 1.40. The van der Waals surface area contributed by atoms with E-state index in [2.05, 4.69) is 4.98 Å². The second-order valence-electron chi connectivity index (χ2n) is 6.21. The molecule has 1 aromatic carbocycles. The summed E-state index contributed by atoms with van der Waals surface area (Å²) in [7, 11) is 0. The zero-order valence-electron chi connectivity index (χ0n) is 14.9. The van der Waals surface area contributed by atoms with Gasteiger partial charge in [-0.3, -0.25) is 18.9 Å². The van der Waals surface area contributed by atoms with Crippen molar-refractivity contribution in [3.63, 3.8) is 0 Å². The van der Waals surface area contributed by atoms with E-state index in [1.807, 2.05) is 16.0 Å². The summed E-state index contributed by atoms with van der Waals surface area (Å²) in [6.45, 7) is 0.245. The lowest BCUT2D eigenvalue weighted by molar-refractivity contribution is -0.137. The molecule has 4 rings (SSSR count). The van der Waals surface area contributed by atoms with Crippen LogP contribution in [0.15, 0.2) is 40.7 Å².